The van der Waals surface area contributed by atoms with Crippen LogP contribution in [0.3, 0.4) is 0 Å². The van der Waals surface area contributed by atoms with E-state index in [0.29, 0.717) is 85.5 Å². The molecule has 0 bridgehead atoms. The molecule has 0 aliphatic rings. The maximum Gasteiger partial charge on any atom is 0.333 e. The van der Waals surface area contributed by atoms with E-state index in [-0.39, 0.29) is 26.4 Å². The fourth-order valence-electron chi connectivity index (χ4n) is 3.88. The van der Waals surface area contributed by atoms with E-state index in [1.54, 1.807) is 13.8 Å². The van der Waals surface area contributed by atoms with Gasteiger partial charge in [0, 0.05) is 16.6 Å². The Hall–Kier alpha value is -3.12. The molecule has 10 nitrogen and oxygen atoms in total. The summed E-state index contributed by atoms with van der Waals surface area (Å²) in [6.45, 7) is 18.2. The van der Waals surface area contributed by atoms with Crippen molar-refractivity contribution in [2.45, 2.75) is 33.1 Å². The molecular weight excluding hydrogens is 651 g/mol. The molecule has 0 spiro atoms. The number of esters is 2. The monoisotopic (exact) mass is 696 g/mol. The van der Waals surface area contributed by atoms with Gasteiger partial charge in [-0.15, -0.1) is 0 Å². The van der Waals surface area contributed by atoms with Crippen LogP contribution in [0, 0.1) is 0 Å². The SMILES string of the molecule is C=C(C)C(=O)OCCOCCOCCOc1ccc(C(C)(C)c2ccc(OCCOCCOCCOC(=O)C(=C)C)c(Cl)c2)cc1Cl. The average molecular weight is 698 g/mol. The van der Waals surface area contributed by atoms with Gasteiger partial charge in [-0.3, -0.25) is 0 Å². The van der Waals surface area contributed by atoms with Crippen molar-refractivity contribution in [2.24, 2.45) is 0 Å². The summed E-state index contributed by atoms with van der Waals surface area (Å²) in [5.74, 6) is 0.258. The van der Waals surface area contributed by atoms with Gasteiger partial charge in [0.1, 0.15) is 37.9 Å². The number of benzene rings is 2. The van der Waals surface area contributed by atoms with Gasteiger partial charge in [-0.1, -0.05) is 62.3 Å². The molecule has 47 heavy (non-hydrogen) atoms. The quantitative estimate of drug-likeness (QED) is 0.0697. The van der Waals surface area contributed by atoms with Crippen molar-refractivity contribution in [3.63, 3.8) is 0 Å². The molecule has 260 valence electrons. The second kappa shape index (κ2) is 21.7. The van der Waals surface area contributed by atoms with Gasteiger partial charge < -0.3 is 37.9 Å². The molecule has 0 aromatic heterocycles. The Bertz CT molecular complexity index is 1210. The predicted octanol–water partition coefficient (Wildman–Crippen LogP) is 6.38. The minimum atomic E-state index is -0.431. The summed E-state index contributed by atoms with van der Waals surface area (Å²) in [4.78, 5) is 22.6. The highest BCUT2D eigenvalue weighted by molar-refractivity contribution is 6.32. The Balaban J connectivity index is 1.68. The van der Waals surface area contributed by atoms with Crippen LogP contribution in [0.25, 0.3) is 0 Å². The van der Waals surface area contributed by atoms with Crippen LogP contribution in [0.2, 0.25) is 10.0 Å². The van der Waals surface area contributed by atoms with Gasteiger partial charge in [0.25, 0.3) is 0 Å². The normalized spacial score (nSPS) is 11.2. The second-order valence-corrected chi connectivity index (χ2v) is 11.7. The molecule has 0 aliphatic carbocycles. The molecule has 0 amide bonds. The van der Waals surface area contributed by atoms with Crippen LogP contribution in [0.15, 0.2) is 60.7 Å². The Morgan fingerprint density at radius 1 is 0.574 bits per heavy atom. The van der Waals surface area contributed by atoms with Gasteiger partial charge in [-0.05, 0) is 49.2 Å². The molecule has 12 heteroatoms. The van der Waals surface area contributed by atoms with E-state index in [2.05, 4.69) is 27.0 Å². The van der Waals surface area contributed by atoms with Gasteiger partial charge in [0.05, 0.1) is 62.9 Å². The molecule has 0 aliphatic heterocycles. The molecule has 0 heterocycles. The smallest absolute Gasteiger partial charge is 0.333 e. The number of hydrogen-bond acceptors (Lipinski definition) is 10. The zero-order valence-corrected chi connectivity index (χ0v) is 29.2. The second-order valence-electron chi connectivity index (χ2n) is 10.9. The summed E-state index contributed by atoms with van der Waals surface area (Å²) in [5, 5.41) is 0.983. The first-order valence-electron chi connectivity index (χ1n) is 15.2. The number of hydrogen-bond donors (Lipinski definition) is 0. The summed E-state index contributed by atoms with van der Waals surface area (Å²) in [6.07, 6.45) is 0. The molecule has 0 saturated carbocycles. The van der Waals surface area contributed by atoms with Gasteiger partial charge in [-0.2, -0.15) is 0 Å². The zero-order valence-electron chi connectivity index (χ0n) is 27.7. The fourth-order valence-corrected chi connectivity index (χ4v) is 4.35. The molecule has 0 N–H and O–H groups in total. The number of rotatable bonds is 24. The molecular formula is C35H46Cl2O10. The van der Waals surface area contributed by atoms with E-state index < -0.39 is 17.4 Å². The summed E-state index contributed by atoms with van der Waals surface area (Å²) in [6, 6.07) is 11.4. The highest BCUT2D eigenvalue weighted by Gasteiger charge is 2.25. The molecule has 0 fully saturated rings. The lowest BCUT2D eigenvalue weighted by atomic mass is 9.78. The summed E-state index contributed by atoms with van der Waals surface area (Å²) in [5.41, 5.74) is 2.29. The third-order valence-electron chi connectivity index (χ3n) is 6.64. The maximum absolute atomic E-state index is 11.3. The minimum absolute atomic E-state index is 0.169. The minimum Gasteiger partial charge on any atom is -0.490 e. The van der Waals surface area contributed by atoms with Crippen LogP contribution in [-0.2, 0) is 43.4 Å². The first-order valence-corrected chi connectivity index (χ1v) is 16.0. The van der Waals surface area contributed by atoms with Crippen molar-refractivity contribution >= 4 is 35.1 Å². The molecule has 0 atom stereocenters. The van der Waals surface area contributed by atoms with E-state index in [9.17, 15) is 9.59 Å². The zero-order chi connectivity index (χ0) is 34.7. The number of carbonyl (C=O) groups excluding carboxylic acids is 2. The molecule has 2 aromatic rings. The Morgan fingerprint density at radius 3 is 1.21 bits per heavy atom. The Morgan fingerprint density at radius 2 is 0.894 bits per heavy atom. The standard InChI is InChI=1S/C35H46Cl2O10/c1-25(2)33(38)46-21-17-42-13-11-40-15-19-44-31-9-7-27(23-29(31)36)35(5,6)28-8-10-32(30(37)24-28)45-20-16-41-12-14-43-18-22-47-34(39)26(3)4/h7-10,23-24H,1,3,11-22H2,2,4-6H3. The van der Waals surface area contributed by atoms with Crippen LogP contribution in [0.1, 0.15) is 38.8 Å². The maximum atomic E-state index is 11.3. The number of carbonyl (C=O) groups is 2. The molecule has 0 radical (unpaired) electrons. The fraction of sp³-hybridized carbons (Fsp3) is 0.486. The van der Waals surface area contributed by atoms with E-state index in [4.69, 9.17) is 61.1 Å². The van der Waals surface area contributed by atoms with Crippen molar-refractivity contribution in [3.05, 3.63) is 81.9 Å². The highest BCUT2D eigenvalue weighted by atomic mass is 35.5. The lowest BCUT2D eigenvalue weighted by molar-refractivity contribution is -0.141. The molecule has 0 unspecified atom stereocenters. The first kappa shape index (κ1) is 40.1. The lowest BCUT2D eigenvalue weighted by Crippen LogP contribution is -2.19. The first-order chi connectivity index (χ1) is 22.4. The molecule has 0 saturated heterocycles. The van der Waals surface area contributed by atoms with Gasteiger partial charge >= 0.3 is 11.9 Å². The third kappa shape index (κ3) is 15.1. The number of halogens is 2. The van der Waals surface area contributed by atoms with E-state index >= 15 is 0 Å². The predicted molar refractivity (Wildman–Crippen MR) is 181 cm³/mol. The van der Waals surface area contributed by atoms with E-state index in [1.807, 2.05) is 36.4 Å². The van der Waals surface area contributed by atoms with Crippen LogP contribution in [0.4, 0.5) is 0 Å². The van der Waals surface area contributed by atoms with Crippen molar-refractivity contribution in [2.75, 3.05) is 79.3 Å². The van der Waals surface area contributed by atoms with Crippen molar-refractivity contribution in [1.29, 1.82) is 0 Å². The van der Waals surface area contributed by atoms with Crippen LogP contribution in [0.5, 0.6) is 11.5 Å². The van der Waals surface area contributed by atoms with Crippen molar-refractivity contribution in [1.82, 2.24) is 0 Å². The average Bonchev–Trinajstić information content (AvgIpc) is 3.03. The lowest BCUT2D eigenvalue weighted by Gasteiger charge is -2.27. The highest BCUT2D eigenvalue weighted by Crippen LogP contribution is 2.38. The summed E-state index contributed by atoms with van der Waals surface area (Å²) in [7, 11) is 0. The van der Waals surface area contributed by atoms with Crippen molar-refractivity contribution in [3.8, 4) is 11.5 Å². The van der Waals surface area contributed by atoms with Crippen molar-refractivity contribution < 1.29 is 47.5 Å². The van der Waals surface area contributed by atoms with Gasteiger partial charge in [0.15, 0.2) is 0 Å². The summed E-state index contributed by atoms with van der Waals surface area (Å²) >= 11 is 13.1. The largest absolute Gasteiger partial charge is 0.490 e. The Kier molecular flexibility index (Phi) is 18.5. The Labute approximate surface area is 287 Å². The van der Waals surface area contributed by atoms with Crippen LogP contribution < -0.4 is 9.47 Å². The number of ether oxygens (including phenoxy) is 8. The van der Waals surface area contributed by atoms with E-state index in [0.717, 1.165) is 11.1 Å². The van der Waals surface area contributed by atoms with Gasteiger partial charge in [0.2, 0.25) is 0 Å². The third-order valence-corrected chi connectivity index (χ3v) is 7.23. The van der Waals surface area contributed by atoms with Crippen LogP contribution in [-0.4, -0.2) is 91.2 Å². The topological polar surface area (TPSA) is 108 Å². The van der Waals surface area contributed by atoms with Crippen LogP contribution >= 0.6 is 23.2 Å². The van der Waals surface area contributed by atoms with Gasteiger partial charge in [-0.25, -0.2) is 9.59 Å². The van der Waals surface area contributed by atoms with E-state index in [1.165, 1.54) is 0 Å². The molecule has 2 aromatic carbocycles. The molecule has 2 rings (SSSR count). The summed E-state index contributed by atoms with van der Waals surface area (Å²) < 4.78 is 43.3.